The number of benzene rings is 1. The third-order valence-corrected chi connectivity index (χ3v) is 6.61. The van der Waals surface area contributed by atoms with Crippen LogP contribution in [0, 0.1) is 5.92 Å². The first-order valence-electron chi connectivity index (χ1n) is 10.3. The Morgan fingerprint density at radius 2 is 2.03 bits per heavy atom. The number of thiophene rings is 1. The number of rotatable bonds is 9. The Kier molecular flexibility index (Phi) is 8.54. The summed E-state index contributed by atoms with van der Waals surface area (Å²) in [6, 6.07) is 8.81. The number of aliphatic carboxylic acids is 1. The van der Waals surface area contributed by atoms with Crippen LogP contribution in [0.1, 0.15) is 41.4 Å². The molecule has 1 aromatic carbocycles. The summed E-state index contributed by atoms with van der Waals surface area (Å²) in [4.78, 5) is 25.5. The van der Waals surface area contributed by atoms with Crippen molar-refractivity contribution < 1.29 is 19.4 Å². The van der Waals surface area contributed by atoms with Gasteiger partial charge in [-0.2, -0.15) is 0 Å². The summed E-state index contributed by atoms with van der Waals surface area (Å²) < 4.78 is 5.56. The number of amides is 1. The summed E-state index contributed by atoms with van der Waals surface area (Å²) in [5.74, 6) is -1.24. The number of allylic oxidation sites excluding steroid dienone is 2. The molecule has 1 heterocycles. The number of carbonyl (C=O) groups is 2. The lowest BCUT2D eigenvalue weighted by Crippen LogP contribution is -2.32. The van der Waals surface area contributed by atoms with Gasteiger partial charge in [0.15, 0.2) is 6.10 Å². The Morgan fingerprint density at radius 3 is 2.66 bits per heavy atom. The zero-order valence-corrected chi connectivity index (χ0v) is 20.1. The van der Waals surface area contributed by atoms with E-state index in [2.05, 4.69) is 17.5 Å². The summed E-state index contributed by atoms with van der Waals surface area (Å²) in [6.45, 7) is 4.00. The highest BCUT2D eigenvalue weighted by molar-refractivity contribution is 7.10. The van der Waals surface area contributed by atoms with Crippen molar-refractivity contribution in [2.75, 3.05) is 6.54 Å². The average molecular weight is 494 g/mol. The lowest BCUT2D eigenvalue weighted by Gasteiger charge is -2.27. The number of hydrogen-bond acceptors (Lipinski definition) is 4. The molecule has 3 rings (SSSR count). The third-order valence-electron chi connectivity index (χ3n) is 5.09. The average Bonchev–Trinajstić information content (AvgIpc) is 3.26. The molecule has 0 radical (unpaired) electrons. The van der Waals surface area contributed by atoms with Crippen LogP contribution in [-0.2, 0) is 9.53 Å². The molecule has 1 aliphatic rings. The minimum atomic E-state index is -0.990. The van der Waals surface area contributed by atoms with Gasteiger partial charge in [0.1, 0.15) is 0 Å². The van der Waals surface area contributed by atoms with E-state index in [4.69, 9.17) is 27.9 Å². The lowest BCUT2D eigenvalue weighted by atomic mass is 9.83. The van der Waals surface area contributed by atoms with E-state index in [0.717, 1.165) is 5.57 Å². The number of carbonyl (C=O) groups excluding carboxylic acids is 1. The molecule has 0 saturated carbocycles. The largest absolute Gasteiger partial charge is 0.479 e. The SMILES string of the molecule is CC(C)OC(CC1=CC(CNC(=O)c2ccc(Cl)cc2Cl)C(c2cccs2)C=C1)C(=O)O. The predicted octanol–water partition coefficient (Wildman–Crippen LogP) is 5.95. The van der Waals surface area contributed by atoms with E-state index in [9.17, 15) is 14.7 Å². The first kappa shape index (κ1) is 24.5. The highest BCUT2D eigenvalue weighted by Crippen LogP contribution is 2.35. The molecule has 1 aliphatic carbocycles. The summed E-state index contributed by atoms with van der Waals surface area (Å²) in [7, 11) is 0. The fourth-order valence-electron chi connectivity index (χ4n) is 3.63. The van der Waals surface area contributed by atoms with Crippen molar-refractivity contribution in [1.29, 1.82) is 0 Å². The van der Waals surface area contributed by atoms with Crippen LogP contribution in [0.25, 0.3) is 0 Å². The topological polar surface area (TPSA) is 75.6 Å². The molecule has 5 nitrogen and oxygen atoms in total. The molecule has 0 fully saturated rings. The van der Waals surface area contributed by atoms with Crippen molar-refractivity contribution in [2.45, 2.75) is 38.4 Å². The highest BCUT2D eigenvalue weighted by atomic mass is 35.5. The van der Waals surface area contributed by atoms with Crippen LogP contribution in [0.15, 0.2) is 59.5 Å². The van der Waals surface area contributed by atoms with Crippen LogP contribution in [0.5, 0.6) is 0 Å². The molecular weight excluding hydrogens is 469 g/mol. The number of hydrogen-bond donors (Lipinski definition) is 2. The second-order valence-corrected chi connectivity index (χ2v) is 9.68. The quantitative estimate of drug-likeness (QED) is 0.452. The van der Waals surface area contributed by atoms with Crippen molar-refractivity contribution >= 4 is 46.4 Å². The van der Waals surface area contributed by atoms with E-state index in [1.807, 2.05) is 37.4 Å². The zero-order valence-electron chi connectivity index (χ0n) is 17.8. The van der Waals surface area contributed by atoms with Crippen LogP contribution >= 0.6 is 34.5 Å². The second-order valence-electron chi connectivity index (χ2n) is 7.86. The van der Waals surface area contributed by atoms with Gasteiger partial charge in [0, 0.05) is 34.7 Å². The minimum Gasteiger partial charge on any atom is -0.479 e. The summed E-state index contributed by atoms with van der Waals surface area (Å²) >= 11 is 13.7. The second kappa shape index (κ2) is 11.1. The molecule has 0 bridgehead atoms. The van der Waals surface area contributed by atoms with E-state index < -0.39 is 12.1 Å². The van der Waals surface area contributed by atoms with Crippen LogP contribution in [0.2, 0.25) is 10.0 Å². The zero-order chi connectivity index (χ0) is 23.3. The maximum Gasteiger partial charge on any atom is 0.333 e. The van der Waals surface area contributed by atoms with Crippen LogP contribution in [0.4, 0.5) is 0 Å². The summed E-state index contributed by atoms with van der Waals surface area (Å²) in [5.41, 5.74) is 1.23. The molecule has 0 saturated heterocycles. The molecule has 0 spiro atoms. The summed E-state index contributed by atoms with van der Waals surface area (Å²) in [6.07, 6.45) is 5.21. The van der Waals surface area contributed by atoms with Crippen LogP contribution in [-0.4, -0.2) is 35.7 Å². The Hall–Kier alpha value is -2.12. The Morgan fingerprint density at radius 1 is 1.25 bits per heavy atom. The smallest absolute Gasteiger partial charge is 0.333 e. The maximum atomic E-state index is 12.7. The molecule has 3 atom stereocenters. The van der Waals surface area contributed by atoms with Crippen molar-refractivity contribution in [1.82, 2.24) is 5.32 Å². The first-order chi connectivity index (χ1) is 15.2. The first-order valence-corrected chi connectivity index (χ1v) is 11.9. The van der Waals surface area contributed by atoms with E-state index in [0.29, 0.717) is 22.2 Å². The molecule has 1 aromatic heterocycles. The van der Waals surface area contributed by atoms with E-state index in [1.54, 1.807) is 23.5 Å². The standard InChI is InChI=1S/C24H25Cl2NO4S/c1-14(2)31-21(24(29)30)11-15-5-7-18(22-4-3-9-32-22)16(10-15)13-27-23(28)19-8-6-17(25)12-20(19)26/h3-10,12,14,16,18,21H,11,13H2,1-2H3,(H,27,28)(H,29,30). The van der Waals surface area contributed by atoms with Gasteiger partial charge in [0.25, 0.3) is 5.91 Å². The van der Waals surface area contributed by atoms with Gasteiger partial charge in [-0.1, -0.05) is 47.5 Å². The van der Waals surface area contributed by atoms with Gasteiger partial charge < -0.3 is 15.2 Å². The Balaban J connectivity index is 1.77. The lowest BCUT2D eigenvalue weighted by molar-refractivity contribution is -0.153. The monoisotopic (exact) mass is 493 g/mol. The minimum absolute atomic E-state index is 0.0443. The van der Waals surface area contributed by atoms with E-state index >= 15 is 0 Å². The van der Waals surface area contributed by atoms with Crippen molar-refractivity contribution in [3.63, 3.8) is 0 Å². The van der Waals surface area contributed by atoms with Crippen molar-refractivity contribution in [2.24, 2.45) is 5.92 Å². The molecule has 170 valence electrons. The van der Waals surface area contributed by atoms with Crippen LogP contribution < -0.4 is 5.32 Å². The molecule has 1 amide bonds. The molecule has 3 unspecified atom stereocenters. The molecule has 8 heteroatoms. The van der Waals surface area contributed by atoms with E-state index in [-0.39, 0.29) is 30.3 Å². The van der Waals surface area contributed by atoms with Gasteiger partial charge in [-0.15, -0.1) is 11.3 Å². The number of carboxylic acids is 1. The van der Waals surface area contributed by atoms with Crippen LogP contribution in [0.3, 0.4) is 0 Å². The number of ether oxygens (including phenoxy) is 1. The fourth-order valence-corrected chi connectivity index (χ4v) is 5.00. The molecular formula is C24H25Cl2NO4S. The molecule has 32 heavy (non-hydrogen) atoms. The predicted molar refractivity (Wildman–Crippen MR) is 129 cm³/mol. The van der Waals surface area contributed by atoms with Crippen molar-refractivity contribution in [3.05, 3.63) is 80.0 Å². The van der Waals surface area contributed by atoms with Gasteiger partial charge in [-0.3, -0.25) is 4.79 Å². The number of carboxylic acid groups (broad SMARTS) is 1. The number of nitrogens with one attached hydrogen (secondary N) is 1. The third kappa shape index (κ3) is 6.45. The highest BCUT2D eigenvalue weighted by Gasteiger charge is 2.27. The Bertz CT molecular complexity index is 1020. The van der Waals surface area contributed by atoms with Gasteiger partial charge in [-0.25, -0.2) is 4.79 Å². The van der Waals surface area contributed by atoms with E-state index in [1.165, 1.54) is 10.9 Å². The summed E-state index contributed by atoms with van der Waals surface area (Å²) in [5, 5.41) is 15.2. The molecule has 2 aromatic rings. The normalized spacial score (nSPS) is 19.0. The molecule has 2 N–H and O–H groups in total. The fraction of sp³-hybridized carbons (Fsp3) is 0.333. The van der Waals surface area contributed by atoms with Gasteiger partial charge in [-0.05, 0) is 49.1 Å². The van der Waals surface area contributed by atoms with Crippen molar-refractivity contribution in [3.8, 4) is 0 Å². The molecule has 0 aliphatic heterocycles. The van der Waals surface area contributed by atoms with Gasteiger partial charge >= 0.3 is 5.97 Å². The maximum absolute atomic E-state index is 12.7. The van der Waals surface area contributed by atoms with Gasteiger partial charge in [0.05, 0.1) is 16.7 Å². The van der Waals surface area contributed by atoms with Gasteiger partial charge in [0.2, 0.25) is 0 Å². The number of halogens is 2. The Labute approximate surface area is 201 Å².